The zero-order valence-electron chi connectivity index (χ0n) is 14.8. The van der Waals surface area contributed by atoms with Crippen molar-refractivity contribution in [2.45, 2.75) is 58.9 Å². The molecule has 0 saturated heterocycles. The minimum absolute atomic E-state index is 0. The van der Waals surface area contributed by atoms with E-state index in [-0.39, 0.29) is 68.5 Å². The van der Waals surface area contributed by atoms with Gasteiger partial charge in [0.25, 0.3) is 0 Å². The fourth-order valence-electron chi connectivity index (χ4n) is 3.53. The van der Waals surface area contributed by atoms with Crippen molar-refractivity contribution in [1.82, 2.24) is 0 Å². The molecule has 1 aliphatic carbocycles. The molecule has 0 amide bonds. The van der Waals surface area contributed by atoms with Crippen LogP contribution < -0.4 is 42.4 Å². The second-order valence-corrected chi connectivity index (χ2v) is 8.73. The van der Waals surface area contributed by atoms with Crippen LogP contribution in [0.15, 0.2) is 24.3 Å². The third-order valence-corrected chi connectivity index (χ3v) is 8.09. The van der Waals surface area contributed by atoms with E-state index in [0.29, 0.717) is 5.04 Å². The van der Waals surface area contributed by atoms with E-state index in [4.69, 9.17) is 0 Å². The first kappa shape index (κ1) is 28.4. The van der Waals surface area contributed by atoms with E-state index < -0.39 is 0 Å². The molecule has 1 aliphatic rings. The molecule has 0 N–H and O–H groups in total. The zero-order valence-corrected chi connectivity index (χ0v) is 20.0. The topological polar surface area (TPSA) is 0 Å². The monoisotopic (exact) mass is 424 g/mol. The molecule has 128 valence electrons. The van der Waals surface area contributed by atoms with Gasteiger partial charge in [0.1, 0.15) is 0 Å². The summed E-state index contributed by atoms with van der Waals surface area (Å²) in [4.78, 5) is 0. The predicted octanol–water partition coefficient (Wildman–Crippen LogP) is -5.08. The van der Waals surface area contributed by atoms with Gasteiger partial charge >= 0.3 is 21.7 Å². The second-order valence-electron chi connectivity index (χ2n) is 6.26. The first-order valence-electron chi connectivity index (χ1n) is 7.57. The molecule has 1 unspecified atom stereocenters. The maximum absolute atomic E-state index is 2.51. The van der Waals surface area contributed by atoms with E-state index in [1.165, 1.54) is 30.4 Å². The van der Waals surface area contributed by atoms with Crippen molar-refractivity contribution in [2.24, 2.45) is 0 Å². The maximum atomic E-state index is 2.51. The van der Waals surface area contributed by atoms with Crippen LogP contribution in [0.3, 0.4) is 0 Å². The van der Waals surface area contributed by atoms with Gasteiger partial charge in [0, 0.05) is 9.52 Å². The predicted molar refractivity (Wildman–Crippen MR) is 89.7 cm³/mol. The smallest absolute Gasteiger partial charge is 1.00 e. The molecule has 0 fully saturated rings. The van der Waals surface area contributed by atoms with Crippen LogP contribution in [0.25, 0.3) is 0 Å². The van der Waals surface area contributed by atoms with Crippen LogP contribution in [0.5, 0.6) is 0 Å². The molecule has 0 radical (unpaired) electrons. The Morgan fingerprint density at radius 2 is 1.52 bits per heavy atom. The van der Waals surface area contributed by atoms with Crippen molar-refractivity contribution in [1.29, 1.82) is 0 Å². The van der Waals surface area contributed by atoms with Gasteiger partial charge < -0.3 is 37.2 Å². The van der Waals surface area contributed by atoms with E-state index in [1.807, 2.05) is 0 Å². The molecule has 0 aromatic heterocycles. The van der Waals surface area contributed by atoms with Crippen molar-refractivity contribution in [3.05, 3.63) is 46.6 Å². The van der Waals surface area contributed by atoms with E-state index in [1.54, 1.807) is 16.3 Å². The Labute approximate surface area is 178 Å². The molecular weight excluding hydrogens is 399 g/mol. The number of allylic oxidation sites excluding steroid dienone is 4. The van der Waals surface area contributed by atoms with Crippen molar-refractivity contribution < 1.29 is 58.9 Å². The van der Waals surface area contributed by atoms with Crippen LogP contribution in [-0.4, -0.2) is 9.52 Å². The summed E-state index contributed by atoms with van der Waals surface area (Å²) in [6.45, 7) is 11.6. The van der Waals surface area contributed by atoms with E-state index >= 15 is 0 Å². The van der Waals surface area contributed by atoms with Gasteiger partial charge in [-0.15, -0.1) is 0 Å². The summed E-state index contributed by atoms with van der Waals surface area (Å²) in [5.74, 6) is 0. The minimum atomic E-state index is -0.272. The fraction of sp³-hybridized carbons (Fsp3) is 0.500. The zero-order chi connectivity index (χ0) is 14.0. The normalized spacial score (nSPS) is 18.8. The van der Waals surface area contributed by atoms with Crippen molar-refractivity contribution >= 4 is 14.7 Å². The van der Waals surface area contributed by atoms with Crippen molar-refractivity contribution in [3.63, 3.8) is 0 Å². The molecule has 2 rings (SSSR count). The Morgan fingerprint density at radius 3 is 1.91 bits per heavy atom. The van der Waals surface area contributed by atoms with Gasteiger partial charge in [0.05, 0.1) is 0 Å². The molecule has 0 bridgehead atoms. The van der Waals surface area contributed by atoms with Gasteiger partial charge in [0.2, 0.25) is 0 Å². The second kappa shape index (κ2) is 12.1. The third kappa shape index (κ3) is 6.13. The first-order valence-corrected chi connectivity index (χ1v) is 8.98. The van der Waals surface area contributed by atoms with Crippen molar-refractivity contribution in [2.75, 3.05) is 0 Å². The Hall–Kier alpha value is 0.631. The summed E-state index contributed by atoms with van der Waals surface area (Å²) < 4.78 is 0. The molecule has 5 heteroatoms. The van der Waals surface area contributed by atoms with Gasteiger partial charge in [-0.1, -0.05) is 65.3 Å². The van der Waals surface area contributed by atoms with Gasteiger partial charge in [-0.3, -0.25) is 0 Å². The summed E-state index contributed by atoms with van der Waals surface area (Å²) >= 11 is 0. The van der Waals surface area contributed by atoms with E-state index in [9.17, 15) is 0 Å². The van der Waals surface area contributed by atoms with Crippen molar-refractivity contribution in [3.8, 4) is 0 Å². The number of rotatable bonds is 4. The van der Waals surface area contributed by atoms with E-state index in [0.717, 1.165) is 0 Å². The average Bonchev–Trinajstić information content (AvgIpc) is 2.58. The SMILES string of the molecule is CCCC1([SiH2][c-]2c(C)c(C)c(C)c2C)C=CC=CC1.[Cl-].[Cl-].[Cl-].[Ti+4]. The minimum Gasteiger partial charge on any atom is -1.00 e. The molecule has 0 nitrogen and oxygen atoms in total. The largest absolute Gasteiger partial charge is 4.00 e. The molecule has 1 aromatic carbocycles. The van der Waals surface area contributed by atoms with Gasteiger partial charge in [-0.25, -0.2) is 0 Å². The molecule has 1 atom stereocenters. The average molecular weight is 426 g/mol. The molecular formula is C18H27Cl3SiTi. The molecule has 0 heterocycles. The maximum Gasteiger partial charge on any atom is 4.00 e. The summed E-state index contributed by atoms with van der Waals surface area (Å²) in [5, 5.41) is 2.23. The van der Waals surface area contributed by atoms with Crippen LogP contribution in [0.4, 0.5) is 0 Å². The van der Waals surface area contributed by atoms with Gasteiger partial charge in [-0.2, -0.15) is 27.4 Å². The summed E-state index contributed by atoms with van der Waals surface area (Å²) in [6, 6.07) is 0. The first-order chi connectivity index (χ1) is 9.01. The fourth-order valence-corrected chi connectivity index (χ4v) is 6.39. The molecule has 0 spiro atoms. The Morgan fingerprint density at radius 1 is 1.00 bits per heavy atom. The van der Waals surface area contributed by atoms with Crippen LogP contribution in [0.2, 0.25) is 5.04 Å². The van der Waals surface area contributed by atoms with Crippen LogP contribution in [0, 0.1) is 27.7 Å². The summed E-state index contributed by atoms with van der Waals surface area (Å²) in [7, 11) is -0.272. The van der Waals surface area contributed by atoms with Crippen LogP contribution in [0.1, 0.15) is 48.4 Å². The number of hydrogen-bond donors (Lipinski definition) is 0. The van der Waals surface area contributed by atoms with Gasteiger partial charge in [0.15, 0.2) is 0 Å². The van der Waals surface area contributed by atoms with Gasteiger partial charge in [-0.05, 0) is 17.9 Å². The molecule has 1 aromatic rings. The van der Waals surface area contributed by atoms with Crippen LogP contribution in [-0.2, 0) is 21.7 Å². The number of halogens is 3. The standard InChI is InChI=1S/C18H27Si.3ClH.Ti/c1-6-10-18(11-8-7-9-12-18)19-17-15(4)13(2)14(3)16(17)5;;;;/h7-9,11H,6,10,12,19H2,1-5H3;3*1H;/q-1;;;;+4/p-3. The Kier molecular flexibility index (Phi) is 14.9. The molecule has 0 aliphatic heterocycles. The Balaban J connectivity index is -0.000001000. The molecule has 23 heavy (non-hydrogen) atoms. The number of hydrogen-bond acceptors (Lipinski definition) is 0. The van der Waals surface area contributed by atoms with Crippen LogP contribution >= 0.6 is 0 Å². The third-order valence-electron chi connectivity index (χ3n) is 5.09. The quantitative estimate of drug-likeness (QED) is 0.335. The summed E-state index contributed by atoms with van der Waals surface area (Å²) in [5.41, 5.74) is 6.23. The van der Waals surface area contributed by atoms with E-state index in [2.05, 4.69) is 58.9 Å². The Bertz CT molecular complexity index is 509. The molecule has 0 saturated carbocycles. The summed E-state index contributed by atoms with van der Waals surface area (Å²) in [6.07, 6.45) is 13.3.